The van der Waals surface area contributed by atoms with E-state index in [1.165, 1.54) is 12.1 Å². The van der Waals surface area contributed by atoms with Crippen molar-refractivity contribution in [3.63, 3.8) is 0 Å². The van der Waals surface area contributed by atoms with Crippen molar-refractivity contribution in [2.75, 3.05) is 0 Å². The van der Waals surface area contributed by atoms with Crippen molar-refractivity contribution in [1.82, 2.24) is 0 Å². The van der Waals surface area contributed by atoms with Crippen molar-refractivity contribution >= 4 is 24.0 Å². The molecule has 19 heavy (non-hydrogen) atoms. The summed E-state index contributed by atoms with van der Waals surface area (Å²) in [6, 6.07) is 3.64. The Morgan fingerprint density at radius 3 is 2.47 bits per heavy atom. The number of ether oxygens (including phenoxy) is 1. The van der Waals surface area contributed by atoms with E-state index in [1.807, 2.05) is 6.92 Å². The molecule has 1 rings (SSSR count). The van der Waals surface area contributed by atoms with Gasteiger partial charge < -0.3 is 10.5 Å². The van der Waals surface area contributed by atoms with Crippen LogP contribution in [0.4, 0.5) is 13.2 Å². The van der Waals surface area contributed by atoms with Gasteiger partial charge in [0.2, 0.25) is 0 Å². The number of hydrogen-bond donors (Lipinski definition) is 1. The lowest BCUT2D eigenvalue weighted by Gasteiger charge is -2.15. The van der Waals surface area contributed by atoms with Gasteiger partial charge in [-0.05, 0) is 31.0 Å². The van der Waals surface area contributed by atoms with Gasteiger partial charge in [0.1, 0.15) is 5.75 Å². The smallest absolute Gasteiger partial charge is 0.404 e. The molecular formula is C12H14Cl2F3NO. The third kappa shape index (κ3) is 6.18. The first-order valence-corrected chi connectivity index (χ1v) is 5.52. The number of alkyl halides is 3. The Kier molecular flexibility index (Phi) is 6.69. The number of hydrogen-bond acceptors (Lipinski definition) is 2. The molecule has 0 aliphatic carbocycles. The summed E-state index contributed by atoms with van der Waals surface area (Å²) in [5.74, 6) is -0.435. The molecule has 0 aliphatic heterocycles. The second-order valence-corrected chi connectivity index (χ2v) is 4.41. The molecule has 1 atom stereocenters. The Hall–Kier alpha value is -0.910. The van der Waals surface area contributed by atoms with Crippen LogP contribution in [0.3, 0.4) is 0 Å². The molecule has 2 N–H and O–H groups in total. The summed E-state index contributed by atoms with van der Waals surface area (Å²) in [6.07, 6.45) is -4.22. The second-order valence-electron chi connectivity index (χ2n) is 4.01. The third-order valence-electron chi connectivity index (χ3n) is 2.18. The van der Waals surface area contributed by atoms with Crippen molar-refractivity contribution < 1.29 is 17.9 Å². The molecule has 7 heteroatoms. The van der Waals surface area contributed by atoms with E-state index < -0.39 is 12.1 Å². The van der Waals surface area contributed by atoms with Crippen molar-refractivity contribution in [2.24, 2.45) is 5.73 Å². The quantitative estimate of drug-likeness (QED) is 0.822. The van der Waals surface area contributed by atoms with Gasteiger partial charge in [-0.15, -0.1) is 32.2 Å². The minimum atomic E-state index is -4.76. The van der Waals surface area contributed by atoms with Gasteiger partial charge in [0.05, 0.1) is 5.02 Å². The van der Waals surface area contributed by atoms with Crippen molar-refractivity contribution in [3.8, 4) is 5.75 Å². The van der Waals surface area contributed by atoms with Crippen LogP contribution in [-0.2, 0) is 0 Å². The Balaban J connectivity index is 0.00000324. The van der Waals surface area contributed by atoms with E-state index in [0.29, 0.717) is 12.0 Å². The molecule has 0 aromatic heterocycles. The lowest BCUT2D eigenvalue weighted by molar-refractivity contribution is -0.274. The maximum atomic E-state index is 12.0. The van der Waals surface area contributed by atoms with Crippen LogP contribution >= 0.6 is 24.0 Å². The van der Waals surface area contributed by atoms with E-state index in [-0.39, 0.29) is 23.5 Å². The maximum Gasteiger partial charge on any atom is 0.573 e. The first kappa shape index (κ1) is 18.1. The predicted molar refractivity (Wildman–Crippen MR) is 71.7 cm³/mol. The fourth-order valence-corrected chi connectivity index (χ4v) is 1.68. The largest absolute Gasteiger partial charge is 0.573 e. The fourth-order valence-electron chi connectivity index (χ4n) is 1.45. The minimum absolute atomic E-state index is 0. The Morgan fingerprint density at radius 1 is 1.47 bits per heavy atom. The topological polar surface area (TPSA) is 35.2 Å². The third-order valence-corrected chi connectivity index (χ3v) is 2.47. The highest BCUT2D eigenvalue weighted by atomic mass is 35.5. The van der Waals surface area contributed by atoms with Crippen LogP contribution in [0.1, 0.15) is 24.9 Å². The predicted octanol–water partition coefficient (Wildman–Crippen LogP) is 4.63. The van der Waals surface area contributed by atoms with Gasteiger partial charge in [0.25, 0.3) is 0 Å². The summed E-state index contributed by atoms with van der Waals surface area (Å²) >= 11 is 5.71. The minimum Gasteiger partial charge on any atom is -0.404 e. The summed E-state index contributed by atoms with van der Waals surface area (Å²) in [5, 5.41) is -0.123. The molecule has 0 unspecified atom stereocenters. The summed E-state index contributed by atoms with van der Waals surface area (Å²) in [7, 11) is 0. The van der Waals surface area contributed by atoms with Crippen molar-refractivity contribution in [2.45, 2.75) is 25.7 Å². The zero-order valence-corrected chi connectivity index (χ0v) is 11.7. The summed E-state index contributed by atoms with van der Waals surface area (Å²) in [6.45, 7) is 5.54. The van der Waals surface area contributed by atoms with Crippen molar-refractivity contribution in [3.05, 3.63) is 40.9 Å². The summed E-state index contributed by atoms with van der Waals surface area (Å²) < 4.78 is 39.9. The van der Waals surface area contributed by atoms with Crippen LogP contribution in [0.5, 0.6) is 5.75 Å². The van der Waals surface area contributed by atoms with Crippen LogP contribution in [-0.4, -0.2) is 6.36 Å². The zero-order chi connectivity index (χ0) is 13.9. The monoisotopic (exact) mass is 315 g/mol. The molecule has 2 nitrogen and oxygen atoms in total. The van der Waals surface area contributed by atoms with E-state index in [9.17, 15) is 13.2 Å². The fraction of sp³-hybridized carbons (Fsp3) is 0.333. The standard InChI is InChI=1S/C12H13ClF3NO.ClH/c1-7(2)5-10(17)8-3-4-11(9(13)6-8)18-12(14,15)16;/h3-4,6,10H,1,5,17H2,2H3;1H/t10-;/m0./s1. The summed E-state index contributed by atoms with van der Waals surface area (Å²) in [4.78, 5) is 0. The highest BCUT2D eigenvalue weighted by Crippen LogP contribution is 2.32. The second kappa shape index (κ2) is 7.03. The van der Waals surface area contributed by atoms with Gasteiger partial charge >= 0.3 is 6.36 Å². The van der Waals surface area contributed by atoms with Crippen LogP contribution < -0.4 is 10.5 Å². The van der Waals surface area contributed by atoms with E-state index in [2.05, 4.69) is 11.3 Å². The maximum absolute atomic E-state index is 12.0. The molecule has 0 saturated heterocycles. The zero-order valence-electron chi connectivity index (χ0n) is 10.1. The highest BCUT2D eigenvalue weighted by Gasteiger charge is 2.32. The lowest BCUT2D eigenvalue weighted by atomic mass is 10.0. The van der Waals surface area contributed by atoms with Gasteiger partial charge in [-0.1, -0.05) is 23.2 Å². The van der Waals surface area contributed by atoms with Crippen LogP contribution in [0, 0.1) is 0 Å². The molecule has 0 aliphatic rings. The Labute approximate surface area is 120 Å². The molecular weight excluding hydrogens is 302 g/mol. The molecule has 0 amide bonds. The van der Waals surface area contributed by atoms with E-state index in [4.69, 9.17) is 17.3 Å². The Morgan fingerprint density at radius 2 is 2.05 bits per heavy atom. The normalized spacial score (nSPS) is 12.5. The van der Waals surface area contributed by atoms with Crippen LogP contribution in [0.2, 0.25) is 5.02 Å². The Bertz CT molecular complexity index is 449. The van der Waals surface area contributed by atoms with Gasteiger partial charge in [0, 0.05) is 6.04 Å². The molecule has 1 aromatic rings. The first-order chi connectivity index (χ1) is 8.19. The molecule has 0 radical (unpaired) electrons. The van der Waals surface area contributed by atoms with E-state index >= 15 is 0 Å². The highest BCUT2D eigenvalue weighted by molar-refractivity contribution is 6.32. The SMILES string of the molecule is C=C(C)C[C@H](N)c1ccc(OC(F)(F)F)c(Cl)c1.Cl. The molecule has 1 aromatic carbocycles. The van der Waals surface area contributed by atoms with Crippen molar-refractivity contribution in [1.29, 1.82) is 0 Å². The molecule has 0 spiro atoms. The average Bonchev–Trinajstić information content (AvgIpc) is 2.18. The van der Waals surface area contributed by atoms with Gasteiger partial charge in [-0.3, -0.25) is 0 Å². The van der Waals surface area contributed by atoms with Crippen LogP contribution in [0.15, 0.2) is 30.4 Å². The number of halogens is 5. The molecule has 0 heterocycles. The number of rotatable bonds is 4. The van der Waals surface area contributed by atoms with E-state index in [1.54, 1.807) is 0 Å². The van der Waals surface area contributed by atoms with Gasteiger partial charge in [-0.2, -0.15) is 0 Å². The number of benzene rings is 1. The van der Waals surface area contributed by atoms with E-state index in [0.717, 1.165) is 11.6 Å². The molecule has 0 fully saturated rings. The van der Waals surface area contributed by atoms with Gasteiger partial charge in [-0.25, -0.2) is 0 Å². The van der Waals surface area contributed by atoms with Crippen LogP contribution in [0.25, 0.3) is 0 Å². The lowest BCUT2D eigenvalue weighted by Crippen LogP contribution is -2.17. The molecule has 0 bridgehead atoms. The van der Waals surface area contributed by atoms with Gasteiger partial charge in [0.15, 0.2) is 0 Å². The first-order valence-electron chi connectivity index (χ1n) is 5.14. The average molecular weight is 316 g/mol. The number of nitrogens with two attached hydrogens (primary N) is 1. The molecule has 108 valence electrons. The molecule has 0 saturated carbocycles. The summed E-state index contributed by atoms with van der Waals surface area (Å²) in [5.41, 5.74) is 7.38.